The molecule has 186 valence electrons. The highest BCUT2D eigenvalue weighted by atomic mass is 19.1. The van der Waals surface area contributed by atoms with E-state index in [1.54, 1.807) is 0 Å². The van der Waals surface area contributed by atoms with Gasteiger partial charge in [0, 0.05) is 24.3 Å². The Balaban J connectivity index is 1.90. The second kappa shape index (κ2) is 11.1. The van der Waals surface area contributed by atoms with Gasteiger partial charge in [-0.3, -0.25) is 9.59 Å². The molecule has 0 aliphatic rings. The smallest absolute Gasteiger partial charge is 0.247 e. The SMILES string of the molecule is CC(C)(C)NC(=O)C(c1ccc(F)cc1)N(CCCO)C(=O)Cn1nnc(-c2ccc(F)cc2)n1. The highest BCUT2D eigenvalue weighted by Crippen LogP contribution is 2.24. The van der Waals surface area contributed by atoms with Crippen LogP contribution in [0.15, 0.2) is 48.5 Å². The zero-order chi connectivity index (χ0) is 25.6. The van der Waals surface area contributed by atoms with E-state index in [1.165, 1.54) is 53.4 Å². The van der Waals surface area contributed by atoms with Gasteiger partial charge in [0.25, 0.3) is 0 Å². The topological polar surface area (TPSA) is 113 Å². The summed E-state index contributed by atoms with van der Waals surface area (Å²) in [5, 5.41) is 24.3. The Hall–Kier alpha value is -3.73. The van der Waals surface area contributed by atoms with E-state index in [0.717, 1.165) is 4.80 Å². The molecule has 1 heterocycles. The molecule has 2 amide bonds. The van der Waals surface area contributed by atoms with Crippen molar-refractivity contribution < 1.29 is 23.5 Å². The average Bonchev–Trinajstić information content (AvgIpc) is 3.25. The summed E-state index contributed by atoms with van der Waals surface area (Å²) in [7, 11) is 0. The molecule has 0 aliphatic heterocycles. The van der Waals surface area contributed by atoms with E-state index in [-0.39, 0.29) is 31.9 Å². The highest BCUT2D eigenvalue weighted by Gasteiger charge is 2.33. The van der Waals surface area contributed by atoms with Crippen LogP contribution >= 0.6 is 0 Å². The van der Waals surface area contributed by atoms with Crippen molar-refractivity contribution in [2.24, 2.45) is 0 Å². The molecule has 35 heavy (non-hydrogen) atoms. The quantitative estimate of drug-likeness (QED) is 0.481. The number of nitrogens with zero attached hydrogens (tertiary/aromatic N) is 5. The van der Waals surface area contributed by atoms with E-state index in [4.69, 9.17) is 0 Å². The molecule has 0 fully saturated rings. The van der Waals surface area contributed by atoms with Gasteiger partial charge in [-0.25, -0.2) is 8.78 Å². The van der Waals surface area contributed by atoms with Crippen LogP contribution < -0.4 is 5.32 Å². The third-order valence-corrected chi connectivity index (χ3v) is 4.95. The largest absolute Gasteiger partial charge is 0.396 e. The van der Waals surface area contributed by atoms with Crippen molar-refractivity contribution in [3.05, 3.63) is 65.7 Å². The van der Waals surface area contributed by atoms with Crippen molar-refractivity contribution in [3.63, 3.8) is 0 Å². The Morgan fingerprint density at radius 3 is 2.23 bits per heavy atom. The molecular formula is C24H28F2N6O3. The minimum Gasteiger partial charge on any atom is -0.396 e. The number of tetrazole rings is 1. The molecule has 1 aromatic heterocycles. The standard InChI is InChI=1S/C24H28F2N6O3/c1-24(2,3)27-23(35)21(16-5-9-18(25)10-6-16)31(13-4-14-33)20(34)15-32-29-22(28-30-32)17-7-11-19(26)12-8-17/h5-12,21,33H,4,13-15H2,1-3H3,(H,27,35). The summed E-state index contributed by atoms with van der Waals surface area (Å²) < 4.78 is 26.8. The first-order valence-electron chi connectivity index (χ1n) is 11.1. The number of hydrogen-bond acceptors (Lipinski definition) is 6. The van der Waals surface area contributed by atoms with Gasteiger partial charge in [0.2, 0.25) is 17.6 Å². The van der Waals surface area contributed by atoms with Crippen LogP contribution in [0.25, 0.3) is 11.4 Å². The molecule has 1 atom stereocenters. The van der Waals surface area contributed by atoms with Crippen LogP contribution in [0.2, 0.25) is 0 Å². The van der Waals surface area contributed by atoms with Crippen LogP contribution in [0.5, 0.6) is 0 Å². The number of aliphatic hydroxyl groups is 1. The molecule has 0 aliphatic carbocycles. The van der Waals surface area contributed by atoms with Gasteiger partial charge in [0.1, 0.15) is 24.2 Å². The van der Waals surface area contributed by atoms with Gasteiger partial charge >= 0.3 is 0 Å². The minimum absolute atomic E-state index is 0.0639. The third kappa shape index (κ3) is 7.12. The van der Waals surface area contributed by atoms with Gasteiger partial charge in [-0.1, -0.05) is 12.1 Å². The molecule has 0 saturated heterocycles. The van der Waals surface area contributed by atoms with Gasteiger partial charge in [-0.05, 0) is 74.4 Å². The highest BCUT2D eigenvalue weighted by molar-refractivity contribution is 5.89. The van der Waals surface area contributed by atoms with E-state index in [9.17, 15) is 23.5 Å². The van der Waals surface area contributed by atoms with Gasteiger partial charge in [0.05, 0.1) is 0 Å². The Morgan fingerprint density at radius 2 is 1.66 bits per heavy atom. The Kier molecular flexibility index (Phi) is 8.23. The van der Waals surface area contributed by atoms with Crippen LogP contribution in [0.1, 0.15) is 38.8 Å². The van der Waals surface area contributed by atoms with Gasteiger partial charge < -0.3 is 15.3 Å². The van der Waals surface area contributed by atoms with Crippen LogP contribution in [-0.4, -0.2) is 60.7 Å². The number of halogens is 2. The molecule has 0 radical (unpaired) electrons. The van der Waals surface area contributed by atoms with E-state index in [2.05, 4.69) is 20.7 Å². The van der Waals surface area contributed by atoms with Crippen molar-refractivity contribution in [2.45, 2.75) is 45.3 Å². The van der Waals surface area contributed by atoms with Gasteiger partial charge in [-0.15, -0.1) is 10.2 Å². The lowest BCUT2D eigenvalue weighted by atomic mass is 10.0. The third-order valence-electron chi connectivity index (χ3n) is 4.95. The van der Waals surface area contributed by atoms with E-state index in [1.807, 2.05) is 20.8 Å². The summed E-state index contributed by atoms with van der Waals surface area (Å²) in [4.78, 5) is 29.0. The Bertz CT molecular complexity index is 1140. The van der Waals surface area contributed by atoms with Crippen LogP contribution in [-0.2, 0) is 16.1 Å². The molecule has 0 saturated carbocycles. The van der Waals surface area contributed by atoms with Crippen molar-refractivity contribution in [3.8, 4) is 11.4 Å². The number of hydrogen-bond donors (Lipinski definition) is 2. The molecule has 0 bridgehead atoms. The van der Waals surface area contributed by atoms with Crippen LogP contribution in [0.3, 0.4) is 0 Å². The molecule has 1 unspecified atom stereocenters. The summed E-state index contributed by atoms with van der Waals surface area (Å²) >= 11 is 0. The molecule has 9 nitrogen and oxygen atoms in total. The summed E-state index contributed by atoms with van der Waals surface area (Å²) in [5.41, 5.74) is 0.354. The second-order valence-electron chi connectivity index (χ2n) is 9.01. The fourth-order valence-corrected chi connectivity index (χ4v) is 3.43. The molecule has 2 aromatic carbocycles. The van der Waals surface area contributed by atoms with Crippen molar-refractivity contribution >= 4 is 11.8 Å². The number of nitrogens with one attached hydrogen (secondary N) is 1. The lowest BCUT2D eigenvalue weighted by Gasteiger charge is -2.33. The first-order chi connectivity index (χ1) is 16.6. The van der Waals surface area contributed by atoms with E-state index >= 15 is 0 Å². The summed E-state index contributed by atoms with van der Waals surface area (Å²) in [6, 6.07) is 9.77. The maximum atomic E-state index is 13.6. The first-order valence-corrected chi connectivity index (χ1v) is 11.1. The number of rotatable bonds is 9. The minimum atomic E-state index is -1.08. The lowest BCUT2D eigenvalue weighted by Crippen LogP contribution is -2.50. The van der Waals surface area contributed by atoms with Crippen molar-refractivity contribution in [1.82, 2.24) is 30.4 Å². The van der Waals surface area contributed by atoms with Gasteiger partial charge in [-0.2, -0.15) is 4.80 Å². The molecule has 11 heteroatoms. The summed E-state index contributed by atoms with van der Waals surface area (Å²) in [5.74, 6) is -1.62. The normalized spacial score (nSPS) is 12.3. The van der Waals surface area contributed by atoms with Crippen LogP contribution in [0, 0.1) is 11.6 Å². The first kappa shape index (κ1) is 25.9. The maximum absolute atomic E-state index is 13.6. The zero-order valence-electron chi connectivity index (χ0n) is 19.8. The van der Waals surface area contributed by atoms with E-state index < -0.39 is 35.0 Å². The van der Waals surface area contributed by atoms with Crippen molar-refractivity contribution in [2.75, 3.05) is 13.2 Å². The number of amides is 2. The lowest BCUT2D eigenvalue weighted by molar-refractivity contribution is -0.142. The second-order valence-corrected chi connectivity index (χ2v) is 9.01. The zero-order valence-corrected chi connectivity index (χ0v) is 19.8. The number of aliphatic hydroxyl groups excluding tert-OH is 1. The fraction of sp³-hybridized carbons (Fsp3) is 0.375. The molecule has 3 rings (SSSR count). The Labute approximate surface area is 201 Å². The van der Waals surface area contributed by atoms with Crippen molar-refractivity contribution in [1.29, 1.82) is 0 Å². The fourth-order valence-electron chi connectivity index (χ4n) is 3.43. The molecular weight excluding hydrogens is 458 g/mol. The number of carbonyl (C=O) groups excluding carboxylic acids is 2. The summed E-state index contributed by atoms with van der Waals surface area (Å²) in [6.07, 6.45) is 0.220. The Morgan fingerprint density at radius 1 is 1.06 bits per heavy atom. The monoisotopic (exact) mass is 486 g/mol. The predicted molar refractivity (Wildman–Crippen MR) is 124 cm³/mol. The molecule has 0 spiro atoms. The van der Waals surface area contributed by atoms with Gasteiger partial charge in [0.15, 0.2) is 0 Å². The average molecular weight is 487 g/mol. The predicted octanol–water partition coefficient (Wildman–Crippen LogP) is 2.49. The molecule has 2 N–H and O–H groups in total. The number of carbonyl (C=O) groups is 2. The maximum Gasteiger partial charge on any atom is 0.247 e. The summed E-state index contributed by atoms with van der Waals surface area (Å²) in [6.45, 7) is 4.96. The molecule has 3 aromatic rings. The number of benzene rings is 2. The van der Waals surface area contributed by atoms with Crippen LogP contribution in [0.4, 0.5) is 8.78 Å². The number of aromatic nitrogens is 4. The van der Waals surface area contributed by atoms with E-state index in [0.29, 0.717) is 11.1 Å².